The van der Waals surface area contributed by atoms with Gasteiger partial charge in [0, 0.05) is 23.2 Å². The second kappa shape index (κ2) is 5.89. The molecule has 5 heteroatoms. The molecule has 2 aromatic rings. The highest BCUT2D eigenvalue weighted by molar-refractivity contribution is 6.17. The van der Waals surface area contributed by atoms with Crippen LogP contribution in [0, 0.1) is 0 Å². The predicted octanol–water partition coefficient (Wildman–Crippen LogP) is 3.52. The molecule has 0 bridgehead atoms. The normalized spacial score (nSPS) is 10.7. The van der Waals surface area contributed by atoms with E-state index in [-0.39, 0.29) is 5.91 Å². The highest BCUT2D eigenvalue weighted by Crippen LogP contribution is 2.15. The lowest BCUT2D eigenvalue weighted by Crippen LogP contribution is -2.12. The van der Waals surface area contributed by atoms with E-state index in [2.05, 4.69) is 29.4 Å². The van der Waals surface area contributed by atoms with Gasteiger partial charge in [-0.05, 0) is 23.6 Å². The van der Waals surface area contributed by atoms with Crippen LogP contribution in [0.15, 0.2) is 30.3 Å². The van der Waals surface area contributed by atoms with Crippen LogP contribution >= 0.6 is 11.6 Å². The minimum absolute atomic E-state index is 0.178. The molecule has 0 saturated carbocycles. The minimum Gasteiger partial charge on any atom is -0.305 e. The van der Waals surface area contributed by atoms with E-state index in [1.165, 1.54) is 0 Å². The predicted molar refractivity (Wildman–Crippen MR) is 76.6 cm³/mol. The van der Waals surface area contributed by atoms with E-state index in [1.807, 2.05) is 18.2 Å². The fraction of sp³-hybridized carbons (Fsp3) is 0.286. The molecule has 0 saturated heterocycles. The van der Waals surface area contributed by atoms with Crippen LogP contribution in [-0.4, -0.2) is 16.1 Å². The molecule has 1 amide bonds. The van der Waals surface area contributed by atoms with Gasteiger partial charge in [-0.2, -0.15) is 5.10 Å². The Morgan fingerprint density at radius 1 is 1.37 bits per heavy atom. The lowest BCUT2D eigenvalue weighted by atomic mass is 10.1. The molecule has 1 heterocycles. The van der Waals surface area contributed by atoms with Gasteiger partial charge in [-0.3, -0.25) is 9.89 Å². The first-order valence-electron chi connectivity index (χ1n) is 6.11. The molecule has 0 spiro atoms. The molecule has 19 heavy (non-hydrogen) atoms. The average molecular weight is 278 g/mol. The fourth-order valence-electron chi connectivity index (χ4n) is 1.63. The Morgan fingerprint density at radius 3 is 2.58 bits per heavy atom. The van der Waals surface area contributed by atoms with Gasteiger partial charge in [-0.25, -0.2) is 0 Å². The van der Waals surface area contributed by atoms with Crippen LogP contribution < -0.4 is 5.32 Å². The minimum atomic E-state index is -0.178. The number of benzene rings is 1. The Morgan fingerprint density at radius 2 is 2.05 bits per heavy atom. The van der Waals surface area contributed by atoms with Crippen LogP contribution in [0.25, 0.3) is 0 Å². The second-order valence-electron chi connectivity index (χ2n) is 4.65. The van der Waals surface area contributed by atoms with Crippen molar-refractivity contribution >= 4 is 23.3 Å². The van der Waals surface area contributed by atoms with Crippen molar-refractivity contribution in [2.45, 2.75) is 25.6 Å². The van der Waals surface area contributed by atoms with Gasteiger partial charge >= 0.3 is 0 Å². The van der Waals surface area contributed by atoms with Gasteiger partial charge in [0.2, 0.25) is 0 Å². The first-order valence-corrected chi connectivity index (χ1v) is 6.65. The summed E-state index contributed by atoms with van der Waals surface area (Å²) in [6.45, 7) is 4.12. The van der Waals surface area contributed by atoms with Crippen LogP contribution in [-0.2, 0) is 5.88 Å². The first kappa shape index (κ1) is 13.6. The van der Waals surface area contributed by atoms with Crippen LogP contribution in [0.3, 0.4) is 0 Å². The number of amides is 1. The maximum atomic E-state index is 12.0. The molecule has 1 aromatic carbocycles. The number of H-pyrrole nitrogens is 1. The smallest absolute Gasteiger partial charge is 0.256 e. The van der Waals surface area contributed by atoms with Gasteiger partial charge in [-0.15, -0.1) is 11.6 Å². The molecule has 1 aromatic heterocycles. The SMILES string of the molecule is CC(C)c1cc(NC(=O)c2ccc(CCl)cc2)n[nH]1. The van der Waals surface area contributed by atoms with Crippen LogP contribution in [0.1, 0.15) is 41.4 Å². The van der Waals surface area contributed by atoms with Crippen LogP contribution in [0.4, 0.5) is 5.82 Å². The van der Waals surface area contributed by atoms with Crippen molar-refractivity contribution in [2.75, 3.05) is 5.32 Å². The van der Waals surface area contributed by atoms with E-state index in [1.54, 1.807) is 12.1 Å². The molecule has 100 valence electrons. The molecule has 0 unspecified atom stereocenters. The molecule has 0 fully saturated rings. The standard InChI is InChI=1S/C14H16ClN3O/c1-9(2)12-7-13(18-17-12)16-14(19)11-5-3-10(8-15)4-6-11/h3-7,9H,8H2,1-2H3,(H2,16,17,18,19). The van der Waals surface area contributed by atoms with E-state index >= 15 is 0 Å². The molecule has 0 aliphatic carbocycles. The molecular formula is C14H16ClN3O. The number of aromatic nitrogens is 2. The maximum absolute atomic E-state index is 12.0. The Kier molecular flexibility index (Phi) is 4.22. The van der Waals surface area contributed by atoms with Crippen molar-refractivity contribution in [1.29, 1.82) is 0 Å². The summed E-state index contributed by atoms with van der Waals surface area (Å²) < 4.78 is 0. The van der Waals surface area contributed by atoms with Crippen molar-refractivity contribution in [3.05, 3.63) is 47.2 Å². The third kappa shape index (κ3) is 3.35. The number of nitrogens with one attached hydrogen (secondary N) is 2. The van der Waals surface area contributed by atoms with Gasteiger partial charge in [0.1, 0.15) is 0 Å². The highest BCUT2D eigenvalue weighted by atomic mass is 35.5. The Balaban J connectivity index is 2.06. The number of carbonyl (C=O) groups is 1. The van der Waals surface area contributed by atoms with E-state index in [0.717, 1.165) is 11.3 Å². The zero-order chi connectivity index (χ0) is 13.8. The summed E-state index contributed by atoms with van der Waals surface area (Å²) in [4.78, 5) is 12.0. The topological polar surface area (TPSA) is 57.8 Å². The monoisotopic (exact) mass is 277 g/mol. The molecule has 2 N–H and O–H groups in total. The zero-order valence-corrected chi connectivity index (χ0v) is 11.7. The molecule has 0 aliphatic rings. The summed E-state index contributed by atoms with van der Waals surface area (Å²) in [7, 11) is 0. The van der Waals surface area contributed by atoms with E-state index < -0.39 is 0 Å². The highest BCUT2D eigenvalue weighted by Gasteiger charge is 2.09. The van der Waals surface area contributed by atoms with Gasteiger partial charge < -0.3 is 5.32 Å². The number of aromatic amines is 1. The molecule has 0 atom stereocenters. The largest absolute Gasteiger partial charge is 0.305 e. The Hall–Kier alpha value is -1.81. The molecule has 4 nitrogen and oxygen atoms in total. The number of hydrogen-bond donors (Lipinski definition) is 2. The lowest BCUT2D eigenvalue weighted by molar-refractivity contribution is 0.102. The molecule has 0 aliphatic heterocycles. The number of anilines is 1. The summed E-state index contributed by atoms with van der Waals surface area (Å²) in [6.07, 6.45) is 0. The maximum Gasteiger partial charge on any atom is 0.256 e. The molecule has 0 radical (unpaired) electrons. The third-order valence-electron chi connectivity index (χ3n) is 2.83. The van der Waals surface area contributed by atoms with E-state index in [9.17, 15) is 4.79 Å². The summed E-state index contributed by atoms with van der Waals surface area (Å²) in [5.74, 6) is 1.15. The molecule has 2 rings (SSSR count). The number of alkyl halides is 1. The fourth-order valence-corrected chi connectivity index (χ4v) is 1.81. The second-order valence-corrected chi connectivity index (χ2v) is 4.92. The Labute approximate surface area is 117 Å². The lowest BCUT2D eigenvalue weighted by Gasteiger charge is -2.02. The van der Waals surface area contributed by atoms with E-state index in [0.29, 0.717) is 23.2 Å². The average Bonchev–Trinajstić information content (AvgIpc) is 2.87. The van der Waals surface area contributed by atoms with Gasteiger partial charge in [-0.1, -0.05) is 26.0 Å². The first-order chi connectivity index (χ1) is 9.10. The third-order valence-corrected chi connectivity index (χ3v) is 3.14. The van der Waals surface area contributed by atoms with Crippen LogP contribution in [0.5, 0.6) is 0 Å². The van der Waals surface area contributed by atoms with Crippen molar-refractivity contribution < 1.29 is 4.79 Å². The quantitative estimate of drug-likeness (QED) is 0.840. The van der Waals surface area contributed by atoms with Gasteiger partial charge in [0.15, 0.2) is 5.82 Å². The number of nitrogens with zero attached hydrogens (tertiary/aromatic N) is 1. The van der Waals surface area contributed by atoms with Crippen molar-refractivity contribution in [1.82, 2.24) is 10.2 Å². The van der Waals surface area contributed by atoms with Gasteiger partial charge in [0.05, 0.1) is 0 Å². The number of carbonyl (C=O) groups excluding carboxylic acids is 1. The summed E-state index contributed by atoms with van der Waals surface area (Å²) in [5.41, 5.74) is 2.57. The number of hydrogen-bond acceptors (Lipinski definition) is 2. The zero-order valence-electron chi connectivity index (χ0n) is 10.9. The number of rotatable bonds is 4. The number of halogens is 1. The van der Waals surface area contributed by atoms with Crippen molar-refractivity contribution in [2.24, 2.45) is 0 Å². The summed E-state index contributed by atoms with van der Waals surface area (Å²) >= 11 is 5.71. The molecular weight excluding hydrogens is 262 g/mol. The summed E-state index contributed by atoms with van der Waals surface area (Å²) in [6, 6.07) is 9.03. The van der Waals surface area contributed by atoms with E-state index in [4.69, 9.17) is 11.6 Å². The van der Waals surface area contributed by atoms with Crippen molar-refractivity contribution in [3.8, 4) is 0 Å². The summed E-state index contributed by atoms with van der Waals surface area (Å²) in [5, 5.41) is 9.71. The van der Waals surface area contributed by atoms with Crippen molar-refractivity contribution in [3.63, 3.8) is 0 Å². The Bertz CT molecular complexity index is 560. The van der Waals surface area contributed by atoms with Gasteiger partial charge in [0.25, 0.3) is 5.91 Å². The van der Waals surface area contributed by atoms with Crippen LogP contribution in [0.2, 0.25) is 0 Å².